The number of aryl methyl sites for hydroxylation is 3. The molecule has 0 saturated carbocycles. The first kappa shape index (κ1) is 21.0. The van der Waals surface area contributed by atoms with Crippen LogP contribution < -0.4 is 10.2 Å². The third-order valence-electron chi connectivity index (χ3n) is 5.84. The van der Waals surface area contributed by atoms with Gasteiger partial charge in [0.05, 0.1) is 16.4 Å². The Morgan fingerprint density at radius 1 is 1.17 bits per heavy atom. The lowest BCUT2D eigenvalue weighted by molar-refractivity contribution is 0.370. The first-order valence-electron chi connectivity index (χ1n) is 11.3. The van der Waals surface area contributed by atoms with Crippen LogP contribution in [-0.2, 0) is 19.3 Å². The highest BCUT2D eigenvalue weighted by Gasteiger charge is 2.21. The van der Waals surface area contributed by atoms with E-state index in [1.165, 1.54) is 41.3 Å². The summed E-state index contributed by atoms with van der Waals surface area (Å²) < 4.78 is 0. The number of rotatable bonds is 6. The molecule has 1 aromatic carbocycles. The summed E-state index contributed by atoms with van der Waals surface area (Å²) in [5.74, 6) is 1.36. The third kappa shape index (κ3) is 5.06. The number of aromatic nitrogens is 1. The Bertz CT molecular complexity index is 834. The van der Waals surface area contributed by atoms with Gasteiger partial charge in [0.1, 0.15) is 5.75 Å². The molecule has 0 amide bonds. The number of nitrogens with zero attached hydrogens (tertiary/aromatic N) is 4. The van der Waals surface area contributed by atoms with Crippen molar-refractivity contribution in [3.8, 4) is 5.75 Å². The predicted octanol–water partition coefficient (Wildman–Crippen LogP) is 3.45. The summed E-state index contributed by atoms with van der Waals surface area (Å²) in [6.45, 7) is 7.38. The number of aliphatic imine (C=N–C) groups is 1. The van der Waals surface area contributed by atoms with Gasteiger partial charge in [0.15, 0.2) is 5.96 Å². The number of aromatic hydroxyl groups is 1. The molecule has 0 spiro atoms. The van der Waals surface area contributed by atoms with Gasteiger partial charge >= 0.3 is 0 Å². The average molecular weight is 428 g/mol. The van der Waals surface area contributed by atoms with Gasteiger partial charge in [-0.3, -0.25) is 4.99 Å². The Labute approximate surface area is 183 Å². The number of fused-ring (bicyclic) bond motifs is 1. The minimum Gasteiger partial charge on any atom is -0.506 e. The second kappa shape index (κ2) is 10.2. The van der Waals surface area contributed by atoms with Crippen LogP contribution >= 0.6 is 11.3 Å². The van der Waals surface area contributed by atoms with E-state index in [2.05, 4.69) is 22.0 Å². The molecule has 6 nitrogen and oxygen atoms in total. The maximum Gasteiger partial charge on any atom is 0.194 e. The normalized spacial score (nSPS) is 17.2. The first-order chi connectivity index (χ1) is 14.7. The number of phenols is 1. The third-order valence-corrected chi connectivity index (χ3v) is 7.05. The highest BCUT2D eigenvalue weighted by atomic mass is 32.1. The molecule has 0 unspecified atom stereocenters. The van der Waals surface area contributed by atoms with Gasteiger partial charge in [-0.05, 0) is 51.2 Å². The van der Waals surface area contributed by atoms with Gasteiger partial charge in [-0.2, -0.15) is 0 Å². The van der Waals surface area contributed by atoms with E-state index in [9.17, 15) is 5.11 Å². The van der Waals surface area contributed by atoms with E-state index in [4.69, 9.17) is 9.98 Å². The van der Waals surface area contributed by atoms with Gasteiger partial charge in [0.2, 0.25) is 0 Å². The highest BCUT2D eigenvalue weighted by molar-refractivity contribution is 7.11. The summed E-state index contributed by atoms with van der Waals surface area (Å²) in [6, 6.07) is 7.59. The van der Waals surface area contributed by atoms with Crippen molar-refractivity contribution in [2.45, 2.75) is 45.4 Å². The smallest absolute Gasteiger partial charge is 0.194 e. The Hall–Kier alpha value is -2.28. The number of thiazole rings is 1. The monoisotopic (exact) mass is 427 g/mol. The molecule has 1 aromatic heterocycles. The number of para-hydroxylation sites is 2. The van der Waals surface area contributed by atoms with Crippen LogP contribution in [0.15, 0.2) is 29.3 Å². The molecule has 1 saturated heterocycles. The minimum absolute atomic E-state index is 0.357. The van der Waals surface area contributed by atoms with Crippen molar-refractivity contribution in [2.75, 3.05) is 44.2 Å². The van der Waals surface area contributed by atoms with Crippen molar-refractivity contribution in [2.24, 2.45) is 4.99 Å². The molecule has 1 aliphatic carbocycles. The molecule has 0 bridgehead atoms. The van der Waals surface area contributed by atoms with Crippen LogP contribution in [-0.4, -0.2) is 60.2 Å². The van der Waals surface area contributed by atoms with Gasteiger partial charge < -0.3 is 20.2 Å². The van der Waals surface area contributed by atoms with Gasteiger partial charge in [0.25, 0.3) is 0 Å². The fraction of sp³-hybridized carbons (Fsp3) is 0.565. The van der Waals surface area contributed by atoms with Gasteiger partial charge in [-0.1, -0.05) is 12.1 Å². The molecular formula is C23H33N5OS. The SMILES string of the molecule is CCNC(=NCCCc1nc2c(s1)CCCC2)N1CCN(c2ccccc2O)CC1. The van der Waals surface area contributed by atoms with Crippen molar-refractivity contribution in [1.29, 1.82) is 0 Å². The van der Waals surface area contributed by atoms with Crippen molar-refractivity contribution >= 4 is 23.0 Å². The summed E-state index contributed by atoms with van der Waals surface area (Å²) in [4.78, 5) is 15.9. The molecule has 0 radical (unpaired) electrons. The zero-order valence-electron chi connectivity index (χ0n) is 17.9. The van der Waals surface area contributed by atoms with Crippen LogP contribution in [0.4, 0.5) is 5.69 Å². The minimum atomic E-state index is 0.357. The summed E-state index contributed by atoms with van der Waals surface area (Å²) in [6.07, 6.45) is 7.08. The van der Waals surface area contributed by atoms with Crippen LogP contribution in [0.3, 0.4) is 0 Å². The molecule has 0 atom stereocenters. The number of benzene rings is 1. The highest BCUT2D eigenvalue weighted by Crippen LogP contribution is 2.28. The molecule has 2 N–H and O–H groups in total. The zero-order chi connectivity index (χ0) is 20.8. The lowest BCUT2D eigenvalue weighted by Gasteiger charge is -2.37. The van der Waals surface area contributed by atoms with E-state index < -0.39 is 0 Å². The van der Waals surface area contributed by atoms with E-state index in [-0.39, 0.29) is 0 Å². The summed E-state index contributed by atoms with van der Waals surface area (Å²) in [7, 11) is 0. The largest absolute Gasteiger partial charge is 0.506 e. The van der Waals surface area contributed by atoms with Crippen LogP contribution in [0, 0.1) is 0 Å². The van der Waals surface area contributed by atoms with Crippen LogP contribution in [0.1, 0.15) is 41.8 Å². The maximum atomic E-state index is 10.1. The predicted molar refractivity (Wildman–Crippen MR) is 125 cm³/mol. The second-order valence-corrected chi connectivity index (χ2v) is 9.15. The van der Waals surface area contributed by atoms with Crippen molar-refractivity contribution in [1.82, 2.24) is 15.2 Å². The summed E-state index contributed by atoms with van der Waals surface area (Å²) >= 11 is 1.92. The Morgan fingerprint density at radius 2 is 1.97 bits per heavy atom. The number of nitrogens with one attached hydrogen (secondary N) is 1. The number of anilines is 1. The molecule has 1 fully saturated rings. The van der Waals surface area contributed by atoms with E-state index in [0.29, 0.717) is 5.75 Å². The van der Waals surface area contributed by atoms with E-state index >= 15 is 0 Å². The lowest BCUT2D eigenvalue weighted by atomic mass is 10.0. The van der Waals surface area contributed by atoms with Crippen molar-refractivity contribution < 1.29 is 5.11 Å². The fourth-order valence-corrected chi connectivity index (χ4v) is 5.44. The van der Waals surface area contributed by atoms with Crippen LogP contribution in [0.5, 0.6) is 5.75 Å². The molecule has 2 aliphatic rings. The summed E-state index contributed by atoms with van der Waals surface area (Å²) in [5, 5.41) is 14.9. The molecule has 1 aliphatic heterocycles. The van der Waals surface area contributed by atoms with Gasteiger partial charge in [-0.15, -0.1) is 11.3 Å². The Kier molecular flexibility index (Phi) is 7.10. The topological polar surface area (TPSA) is 64.0 Å². The molecule has 7 heteroatoms. The number of hydrogen-bond donors (Lipinski definition) is 2. The number of piperazine rings is 1. The van der Waals surface area contributed by atoms with Gasteiger partial charge in [-0.25, -0.2) is 4.98 Å². The zero-order valence-corrected chi connectivity index (χ0v) is 18.8. The van der Waals surface area contributed by atoms with E-state index in [1.54, 1.807) is 6.07 Å². The molecular weight excluding hydrogens is 394 g/mol. The lowest BCUT2D eigenvalue weighted by Crippen LogP contribution is -2.52. The molecule has 30 heavy (non-hydrogen) atoms. The Morgan fingerprint density at radius 3 is 2.73 bits per heavy atom. The fourth-order valence-electron chi connectivity index (χ4n) is 4.24. The second-order valence-electron chi connectivity index (χ2n) is 7.99. The Balaban J connectivity index is 1.28. The van der Waals surface area contributed by atoms with Gasteiger partial charge in [0, 0.05) is 50.6 Å². The molecule has 2 aromatic rings. The maximum absolute atomic E-state index is 10.1. The van der Waals surface area contributed by atoms with Crippen molar-refractivity contribution in [3.63, 3.8) is 0 Å². The molecule has 4 rings (SSSR count). The van der Waals surface area contributed by atoms with Crippen molar-refractivity contribution in [3.05, 3.63) is 39.8 Å². The first-order valence-corrected chi connectivity index (χ1v) is 12.1. The average Bonchev–Trinajstić information content (AvgIpc) is 3.19. The van der Waals surface area contributed by atoms with Crippen LogP contribution in [0.2, 0.25) is 0 Å². The standard InChI is InChI=1S/C23H33N5OS/c1-2-24-23(25-13-7-12-22-26-18-8-3-6-11-21(18)30-22)28-16-14-27(15-17-28)19-9-4-5-10-20(19)29/h4-5,9-10,29H,2-3,6-8,11-17H2,1H3,(H,24,25). The number of guanidine groups is 1. The molecule has 2 heterocycles. The van der Waals surface area contributed by atoms with E-state index in [1.807, 2.05) is 29.5 Å². The quantitative estimate of drug-likeness (QED) is 0.420. The summed E-state index contributed by atoms with van der Waals surface area (Å²) in [5.41, 5.74) is 2.28. The number of phenolic OH excluding ortho intramolecular Hbond substituents is 1. The number of hydrogen-bond acceptors (Lipinski definition) is 5. The van der Waals surface area contributed by atoms with Crippen LogP contribution in [0.25, 0.3) is 0 Å². The molecule has 162 valence electrons. The van der Waals surface area contributed by atoms with E-state index in [0.717, 1.165) is 63.8 Å².